The summed E-state index contributed by atoms with van der Waals surface area (Å²) in [5.74, 6) is 1.69. The van der Waals surface area contributed by atoms with Crippen LogP contribution in [0.4, 0.5) is 4.79 Å². The monoisotopic (exact) mass is 348 g/mol. The lowest BCUT2D eigenvalue weighted by Crippen LogP contribution is -2.42. The Morgan fingerprint density at radius 2 is 2.38 bits per heavy atom. The molecule has 1 N–H and O–H groups in total. The number of urea groups is 1. The van der Waals surface area contributed by atoms with Crippen molar-refractivity contribution in [3.63, 3.8) is 0 Å². The first-order valence-corrected chi connectivity index (χ1v) is 9.90. The van der Waals surface area contributed by atoms with Gasteiger partial charge in [-0.05, 0) is 56.2 Å². The third-order valence-electron chi connectivity index (χ3n) is 5.16. The van der Waals surface area contributed by atoms with Gasteiger partial charge in [0.25, 0.3) is 0 Å². The van der Waals surface area contributed by atoms with Crippen molar-refractivity contribution < 1.29 is 4.79 Å². The van der Waals surface area contributed by atoms with Crippen molar-refractivity contribution in [2.45, 2.75) is 30.6 Å². The molecule has 2 aliphatic heterocycles. The predicted molar refractivity (Wildman–Crippen MR) is 99.2 cm³/mol. The summed E-state index contributed by atoms with van der Waals surface area (Å²) in [6, 6.07) is 4.54. The molecule has 2 aliphatic rings. The van der Waals surface area contributed by atoms with Crippen LogP contribution in [0.3, 0.4) is 0 Å². The van der Waals surface area contributed by atoms with Gasteiger partial charge in [0.1, 0.15) is 0 Å². The summed E-state index contributed by atoms with van der Waals surface area (Å²) in [7, 11) is 4.07. The summed E-state index contributed by atoms with van der Waals surface area (Å²) >= 11 is 1.98. The fraction of sp³-hybridized carbons (Fsp3) is 0.667. The third-order valence-corrected chi connectivity index (χ3v) is 6.56. The zero-order chi connectivity index (χ0) is 16.9. The first-order chi connectivity index (χ1) is 11.6. The molecule has 2 fully saturated rings. The second kappa shape index (κ2) is 8.21. The molecule has 3 heterocycles. The number of nitrogens with one attached hydrogen (secondary N) is 1. The Labute approximate surface area is 149 Å². The molecule has 2 saturated heterocycles. The molecule has 5 nitrogen and oxygen atoms in total. The summed E-state index contributed by atoms with van der Waals surface area (Å²) in [6.07, 6.45) is 7.39. The summed E-state index contributed by atoms with van der Waals surface area (Å²) in [5, 5.41) is 3.70. The van der Waals surface area contributed by atoms with Gasteiger partial charge in [0, 0.05) is 43.8 Å². The number of hydrogen-bond acceptors (Lipinski definition) is 4. The maximum absolute atomic E-state index is 12.4. The highest BCUT2D eigenvalue weighted by molar-refractivity contribution is 8.00. The number of pyridine rings is 1. The molecule has 1 aromatic heterocycles. The van der Waals surface area contributed by atoms with Crippen molar-refractivity contribution in [1.82, 2.24) is 20.1 Å². The summed E-state index contributed by atoms with van der Waals surface area (Å²) < 4.78 is 0. The molecule has 0 spiro atoms. The van der Waals surface area contributed by atoms with Gasteiger partial charge in [-0.1, -0.05) is 6.07 Å². The predicted octanol–water partition coefficient (Wildman–Crippen LogP) is 2.61. The van der Waals surface area contributed by atoms with Crippen LogP contribution >= 0.6 is 11.8 Å². The third kappa shape index (κ3) is 4.22. The second-order valence-corrected chi connectivity index (χ2v) is 8.37. The van der Waals surface area contributed by atoms with Crippen LogP contribution in [-0.4, -0.2) is 65.5 Å². The minimum atomic E-state index is 0.0574. The van der Waals surface area contributed by atoms with Gasteiger partial charge in [0.05, 0.1) is 0 Å². The highest BCUT2D eigenvalue weighted by Gasteiger charge is 2.34. The molecule has 2 amide bonds. The van der Waals surface area contributed by atoms with E-state index in [1.165, 1.54) is 24.2 Å². The van der Waals surface area contributed by atoms with E-state index in [0.717, 1.165) is 26.1 Å². The molecule has 3 rings (SSSR count). The molecular weight excluding hydrogens is 320 g/mol. The largest absolute Gasteiger partial charge is 0.337 e. The van der Waals surface area contributed by atoms with Crippen LogP contribution in [0.25, 0.3) is 0 Å². The van der Waals surface area contributed by atoms with Gasteiger partial charge >= 0.3 is 6.03 Å². The molecule has 6 heteroatoms. The van der Waals surface area contributed by atoms with Gasteiger partial charge in [0.2, 0.25) is 0 Å². The number of hydrogen-bond donors (Lipinski definition) is 1. The topological polar surface area (TPSA) is 48.5 Å². The lowest BCUT2D eigenvalue weighted by atomic mass is 9.94. The van der Waals surface area contributed by atoms with Crippen molar-refractivity contribution >= 4 is 17.8 Å². The molecule has 0 aromatic carbocycles. The van der Waals surface area contributed by atoms with Crippen LogP contribution < -0.4 is 5.32 Å². The zero-order valence-corrected chi connectivity index (χ0v) is 15.5. The molecule has 132 valence electrons. The Hall–Kier alpha value is -1.27. The first kappa shape index (κ1) is 17.5. The number of carbonyl (C=O) groups is 1. The highest BCUT2D eigenvalue weighted by atomic mass is 32.2. The molecule has 0 saturated carbocycles. The van der Waals surface area contributed by atoms with Gasteiger partial charge in [-0.2, -0.15) is 11.8 Å². The molecule has 0 radical (unpaired) electrons. The average molecular weight is 349 g/mol. The van der Waals surface area contributed by atoms with Crippen LogP contribution in [0.15, 0.2) is 24.5 Å². The molecule has 24 heavy (non-hydrogen) atoms. The van der Waals surface area contributed by atoms with Crippen molar-refractivity contribution in [2.24, 2.45) is 5.92 Å². The summed E-state index contributed by atoms with van der Waals surface area (Å²) in [6.45, 7) is 2.65. The number of thioether (sulfide) groups is 1. The van der Waals surface area contributed by atoms with E-state index in [-0.39, 0.29) is 6.03 Å². The lowest BCUT2D eigenvalue weighted by molar-refractivity contribution is 0.189. The van der Waals surface area contributed by atoms with Gasteiger partial charge in [-0.15, -0.1) is 0 Å². The van der Waals surface area contributed by atoms with E-state index in [2.05, 4.69) is 28.3 Å². The fourth-order valence-electron chi connectivity index (χ4n) is 3.87. The molecular formula is C18H28N4OS. The van der Waals surface area contributed by atoms with E-state index in [9.17, 15) is 4.79 Å². The van der Waals surface area contributed by atoms with Crippen molar-refractivity contribution in [1.29, 1.82) is 0 Å². The maximum atomic E-state index is 12.4. The van der Waals surface area contributed by atoms with E-state index >= 15 is 0 Å². The zero-order valence-electron chi connectivity index (χ0n) is 14.6. The molecule has 1 aromatic rings. The van der Waals surface area contributed by atoms with Gasteiger partial charge in [0.15, 0.2) is 0 Å². The Morgan fingerprint density at radius 3 is 3.08 bits per heavy atom. The highest BCUT2D eigenvalue weighted by Crippen LogP contribution is 2.36. The van der Waals surface area contributed by atoms with Crippen molar-refractivity contribution in [3.8, 4) is 0 Å². The van der Waals surface area contributed by atoms with Gasteiger partial charge in [-0.25, -0.2) is 4.79 Å². The maximum Gasteiger partial charge on any atom is 0.317 e. The number of amides is 2. The van der Waals surface area contributed by atoms with Crippen molar-refractivity contribution in [2.75, 3.05) is 39.5 Å². The van der Waals surface area contributed by atoms with Crippen molar-refractivity contribution in [3.05, 3.63) is 30.1 Å². The molecule has 0 aliphatic carbocycles. The number of likely N-dealkylation sites (tertiary alicyclic amines) is 1. The standard InChI is InChI=1S/C18H28N4OS/c1-21-9-7-15(17(21)14-5-3-8-19-11-14)13-22(2)18(23)20-12-16-6-4-10-24-16/h3,5,8,11,15-17H,4,6-7,9-10,12-13H2,1-2H3,(H,20,23)/t15-,16?,17-/m0/s1. The van der Waals surface area contributed by atoms with E-state index in [4.69, 9.17) is 0 Å². The molecule has 1 unspecified atom stereocenters. The number of aromatic nitrogens is 1. The quantitative estimate of drug-likeness (QED) is 0.889. The molecule has 3 atom stereocenters. The SMILES string of the molecule is CN(C[C@@H]1CCN(C)[C@H]1c1cccnc1)C(=O)NCC1CCCS1. The van der Waals surface area contributed by atoms with Crippen LogP contribution in [0.5, 0.6) is 0 Å². The van der Waals surface area contributed by atoms with E-state index in [0.29, 0.717) is 17.2 Å². The second-order valence-electron chi connectivity index (χ2n) is 6.96. The average Bonchev–Trinajstić information content (AvgIpc) is 3.23. The Kier molecular flexibility index (Phi) is 6.00. The number of rotatable bonds is 5. The van der Waals surface area contributed by atoms with E-state index in [1.807, 2.05) is 42.2 Å². The Bertz CT molecular complexity index is 535. The number of nitrogens with zero attached hydrogens (tertiary/aromatic N) is 3. The first-order valence-electron chi connectivity index (χ1n) is 8.86. The van der Waals surface area contributed by atoms with Crippen LogP contribution in [-0.2, 0) is 0 Å². The Morgan fingerprint density at radius 1 is 1.50 bits per heavy atom. The van der Waals surface area contributed by atoms with Crippen LogP contribution in [0.1, 0.15) is 30.9 Å². The van der Waals surface area contributed by atoms with Gasteiger partial charge in [-0.3, -0.25) is 9.88 Å². The van der Waals surface area contributed by atoms with E-state index in [1.54, 1.807) is 0 Å². The van der Waals surface area contributed by atoms with E-state index < -0.39 is 0 Å². The van der Waals surface area contributed by atoms with Crippen LogP contribution in [0.2, 0.25) is 0 Å². The summed E-state index contributed by atoms with van der Waals surface area (Å²) in [4.78, 5) is 20.9. The smallest absolute Gasteiger partial charge is 0.317 e. The fourth-order valence-corrected chi connectivity index (χ4v) is 5.07. The summed E-state index contributed by atoms with van der Waals surface area (Å²) in [5.41, 5.74) is 1.25. The Balaban J connectivity index is 1.54. The van der Waals surface area contributed by atoms with Gasteiger partial charge < -0.3 is 10.2 Å². The number of carbonyl (C=O) groups excluding carboxylic acids is 1. The van der Waals surface area contributed by atoms with Crippen LogP contribution in [0, 0.1) is 5.92 Å². The minimum Gasteiger partial charge on any atom is -0.337 e. The minimum absolute atomic E-state index is 0.0574. The normalized spacial score (nSPS) is 27.3. The molecule has 0 bridgehead atoms. The lowest BCUT2D eigenvalue weighted by Gasteiger charge is -2.29.